The molecule has 0 aliphatic heterocycles. The minimum absolute atomic E-state index is 0.132. The third kappa shape index (κ3) is 1.30. The molecule has 2 nitrogen and oxygen atoms in total. The number of halogens is 1. The molecule has 0 amide bonds. The summed E-state index contributed by atoms with van der Waals surface area (Å²) in [5.41, 5.74) is 1.80. The van der Waals surface area contributed by atoms with Gasteiger partial charge in [-0.15, -0.1) is 0 Å². The van der Waals surface area contributed by atoms with Crippen LogP contribution in [-0.4, -0.2) is 11.1 Å². The van der Waals surface area contributed by atoms with Gasteiger partial charge >= 0.3 is 5.97 Å². The molecule has 0 saturated carbocycles. The van der Waals surface area contributed by atoms with Crippen LogP contribution in [-0.2, 0) is 12.8 Å². The van der Waals surface area contributed by atoms with E-state index >= 15 is 0 Å². The third-order valence-corrected chi connectivity index (χ3v) is 2.41. The molecule has 0 unspecified atom stereocenters. The van der Waals surface area contributed by atoms with E-state index in [1.807, 2.05) is 0 Å². The van der Waals surface area contributed by atoms with Crippen LogP contribution in [0.15, 0.2) is 12.1 Å². The Kier molecular flexibility index (Phi) is 1.79. The number of hydrogen-bond acceptors (Lipinski definition) is 1. The topological polar surface area (TPSA) is 37.3 Å². The molecule has 68 valence electrons. The Morgan fingerprint density at radius 2 is 2.15 bits per heavy atom. The van der Waals surface area contributed by atoms with Crippen LogP contribution >= 0.6 is 0 Å². The summed E-state index contributed by atoms with van der Waals surface area (Å²) in [4.78, 5) is 10.7. The van der Waals surface area contributed by atoms with Crippen molar-refractivity contribution < 1.29 is 14.3 Å². The van der Waals surface area contributed by atoms with Gasteiger partial charge in [-0.3, -0.25) is 0 Å². The maximum Gasteiger partial charge on any atom is 0.336 e. The molecule has 0 bridgehead atoms. The van der Waals surface area contributed by atoms with Crippen molar-refractivity contribution in [1.82, 2.24) is 0 Å². The molecule has 1 N–H and O–H groups in total. The van der Waals surface area contributed by atoms with Gasteiger partial charge in [-0.25, -0.2) is 9.18 Å². The number of aromatic carboxylic acids is 1. The normalized spacial score (nSPS) is 14.2. The van der Waals surface area contributed by atoms with Crippen molar-refractivity contribution in [2.45, 2.75) is 19.3 Å². The summed E-state index contributed by atoms with van der Waals surface area (Å²) in [6.07, 6.45) is 2.49. The number of aryl methyl sites for hydroxylation is 1. The molecule has 1 aromatic rings. The van der Waals surface area contributed by atoms with Crippen LogP contribution in [0, 0.1) is 5.82 Å². The predicted octanol–water partition coefficient (Wildman–Crippen LogP) is 2.01. The van der Waals surface area contributed by atoms with E-state index in [1.165, 1.54) is 6.07 Å². The first-order chi connectivity index (χ1) is 6.18. The van der Waals surface area contributed by atoms with Gasteiger partial charge in [0.1, 0.15) is 5.82 Å². The Morgan fingerprint density at radius 1 is 1.38 bits per heavy atom. The molecule has 0 fully saturated rings. The molecule has 0 heterocycles. The highest BCUT2D eigenvalue weighted by Crippen LogP contribution is 2.26. The lowest BCUT2D eigenvalue weighted by Gasteiger charge is -2.03. The largest absolute Gasteiger partial charge is 0.478 e. The highest BCUT2D eigenvalue weighted by Gasteiger charge is 2.19. The summed E-state index contributed by atoms with van der Waals surface area (Å²) in [5.74, 6) is -1.48. The lowest BCUT2D eigenvalue weighted by atomic mass is 10.0. The van der Waals surface area contributed by atoms with Gasteiger partial charge in [-0.1, -0.05) is 0 Å². The maximum atomic E-state index is 12.9. The maximum absolute atomic E-state index is 12.9. The van der Waals surface area contributed by atoms with E-state index in [1.54, 1.807) is 0 Å². The lowest BCUT2D eigenvalue weighted by Crippen LogP contribution is -2.03. The average molecular weight is 180 g/mol. The second-order valence-corrected chi connectivity index (χ2v) is 3.25. The third-order valence-electron chi connectivity index (χ3n) is 2.41. The fourth-order valence-corrected chi connectivity index (χ4v) is 1.86. The number of rotatable bonds is 1. The summed E-state index contributed by atoms with van der Waals surface area (Å²) >= 11 is 0. The number of carboxylic acids is 1. The van der Waals surface area contributed by atoms with Gasteiger partial charge in [-0.2, -0.15) is 0 Å². The van der Waals surface area contributed by atoms with Gasteiger partial charge in [0.25, 0.3) is 0 Å². The van der Waals surface area contributed by atoms with Crippen molar-refractivity contribution in [3.05, 3.63) is 34.6 Å². The molecular weight excluding hydrogens is 171 g/mol. The van der Waals surface area contributed by atoms with Gasteiger partial charge in [0.2, 0.25) is 0 Å². The molecule has 0 saturated heterocycles. The minimum Gasteiger partial charge on any atom is -0.478 e. The van der Waals surface area contributed by atoms with Crippen LogP contribution < -0.4 is 0 Å². The molecule has 1 aromatic carbocycles. The molecule has 3 heteroatoms. The van der Waals surface area contributed by atoms with Crippen molar-refractivity contribution in [2.75, 3.05) is 0 Å². The summed E-state index contributed by atoms with van der Waals surface area (Å²) in [6, 6.07) is 2.54. The minimum atomic E-state index is -1.03. The van der Waals surface area contributed by atoms with Gasteiger partial charge in [-0.05, 0) is 42.5 Å². The zero-order chi connectivity index (χ0) is 9.42. The fraction of sp³-hybridized carbons (Fsp3) is 0.300. The first-order valence-electron chi connectivity index (χ1n) is 4.23. The zero-order valence-electron chi connectivity index (χ0n) is 7.01. The SMILES string of the molecule is O=C(O)c1cc(F)cc2c1CCC2. The van der Waals surface area contributed by atoms with E-state index in [9.17, 15) is 9.18 Å². The van der Waals surface area contributed by atoms with Gasteiger partial charge in [0.05, 0.1) is 5.56 Å². The van der Waals surface area contributed by atoms with Crippen molar-refractivity contribution in [3.8, 4) is 0 Å². The monoisotopic (exact) mass is 180 g/mol. The van der Waals surface area contributed by atoms with E-state index in [0.29, 0.717) is 0 Å². The highest BCUT2D eigenvalue weighted by molar-refractivity contribution is 5.90. The smallest absolute Gasteiger partial charge is 0.336 e. The number of carbonyl (C=O) groups is 1. The Balaban J connectivity index is 2.62. The molecule has 1 aliphatic carbocycles. The Hall–Kier alpha value is -1.38. The van der Waals surface area contributed by atoms with E-state index in [0.717, 1.165) is 36.5 Å². The Labute approximate surface area is 75.0 Å². The molecule has 2 rings (SSSR count). The molecule has 13 heavy (non-hydrogen) atoms. The summed E-state index contributed by atoms with van der Waals surface area (Å²) < 4.78 is 12.9. The van der Waals surface area contributed by atoms with Crippen molar-refractivity contribution >= 4 is 5.97 Å². The van der Waals surface area contributed by atoms with Crippen molar-refractivity contribution in [1.29, 1.82) is 0 Å². The van der Waals surface area contributed by atoms with Crippen LogP contribution in [0.3, 0.4) is 0 Å². The first kappa shape index (κ1) is 8.23. The predicted molar refractivity (Wildman–Crippen MR) is 45.4 cm³/mol. The number of carboxylic acid groups (broad SMARTS) is 1. The summed E-state index contributed by atoms with van der Waals surface area (Å²) in [6.45, 7) is 0. The fourth-order valence-electron chi connectivity index (χ4n) is 1.86. The quantitative estimate of drug-likeness (QED) is 0.717. The Bertz CT molecular complexity index is 371. The van der Waals surface area contributed by atoms with Crippen LogP contribution in [0.2, 0.25) is 0 Å². The first-order valence-corrected chi connectivity index (χ1v) is 4.23. The second-order valence-electron chi connectivity index (χ2n) is 3.25. The van der Waals surface area contributed by atoms with E-state index in [2.05, 4.69) is 0 Å². The number of fused-ring (bicyclic) bond motifs is 1. The number of benzene rings is 1. The van der Waals surface area contributed by atoms with Crippen LogP contribution in [0.1, 0.15) is 27.9 Å². The second kappa shape index (κ2) is 2.83. The van der Waals surface area contributed by atoms with E-state index < -0.39 is 11.8 Å². The van der Waals surface area contributed by atoms with Crippen LogP contribution in [0.25, 0.3) is 0 Å². The van der Waals surface area contributed by atoms with Gasteiger partial charge in [0.15, 0.2) is 0 Å². The molecule has 0 spiro atoms. The lowest BCUT2D eigenvalue weighted by molar-refractivity contribution is 0.0695. The summed E-state index contributed by atoms with van der Waals surface area (Å²) in [5, 5.41) is 8.81. The van der Waals surface area contributed by atoms with Crippen LogP contribution in [0.5, 0.6) is 0 Å². The van der Waals surface area contributed by atoms with E-state index in [-0.39, 0.29) is 5.56 Å². The molecule has 1 aliphatic rings. The van der Waals surface area contributed by atoms with E-state index in [4.69, 9.17) is 5.11 Å². The standard InChI is InChI=1S/C10H9FO2/c11-7-4-6-2-1-3-8(6)9(5-7)10(12)13/h4-5H,1-3H2,(H,12,13). The molecular formula is C10H9FO2. The average Bonchev–Trinajstić information content (AvgIpc) is 2.49. The van der Waals surface area contributed by atoms with Gasteiger partial charge in [0, 0.05) is 0 Å². The summed E-state index contributed by atoms with van der Waals surface area (Å²) in [7, 11) is 0. The highest BCUT2D eigenvalue weighted by atomic mass is 19.1. The molecule has 0 aromatic heterocycles. The van der Waals surface area contributed by atoms with Crippen molar-refractivity contribution in [3.63, 3.8) is 0 Å². The number of hydrogen-bond donors (Lipinski definition) is 1. The van der Waals surface area contributed by atoms with Crippen molar-refractivity contribution in [2.24, 2.45) is 0 Å². The zero-order valence-corrected chi connectivity index (χ0v) is 7.01. The van der Waals surface area contributed by atoms with Crippen LogP contribution in [0.4, 0.5) is 4.39 Å². The molecule has 0 radical (unpaired) electrons. The Morgan fingerprint density at radius 3 is 2.85 bits per heavy atom. The van der Waals surface area contributed by atoms with Gasteiger partial charge < -0.3 is 5.11 Å². The molecule has 0 atom stereocenters.